The first-order valence-electron chi connectivity index (χ1n) is 6.09. The summed E-state index contributed by atoms with van der Waals surface area (Å²) in [7, 11) is 1.74. The van der Waals surface area contributed by atoms with Crippen molar-refractivity contribution in [2.45, 2.75) is 31.8 Å². The molecule has 1 aliphatic heterocycles. The van der Waals surface area contributed by atoms with E-state index in [0.717, 1.165) is 5.56 Å². The van der Waals surface area contributed by atoms with Gasteiger partial charge in [0.25, 0.3) is 5.91 Å². The zero-order chi connectivity index (χ0) is 13.3. The van der Waals surface area contributed by atoms with E-state index >= 15 is 0 Å². The van der Waals surface area contributed by atoms with Crippen LogP contribution < -0.4 is 5.32 Å². The Hall–Kier alpha value is -1.84. The van der Waals surface area contributed by atoms with Gasteiger partial charge in [0, 0.05) is 19.5 Å². The van der Waals surface area contributed by atoms with Gasteiger partial charge in [0.1, 0.15) is 5.54 Å². The Bertz CT molecular complexity index is 472. The molecule has 96 valence electrons. The summed E-state index contributed by atoms with van der Waals surface area (Å²) in [5, 5.41) is 2.85. The first kappa shape index (κ1) is 12.6. The van der Waals surface area contributed by atoms with Crippen LogP contribution in [0.25, 0.3) is 0 Å². The molecule has 0 aromatic heterocycles. The largest absolute Gasteiger partial charge is 0.340 e. The molecule has 2 unspecified atom stereocenters. The molecule has 1 aromatic rings. The number of nitrogens with zero attached hydrogens (tertiary/aromatic N) is 1. The van der Waals surface area contributed by atoms with Gasteiger partial charge in [0.05, 0.1) is 0 Å². The van der Waals surface area contributed by atoms with Crippen molar-refractivity contribution >= 4 is 11.8 Å². The maximum Gasteiger partial charge on any atom is 0.252 e. The molecular formula is C14H18N2O2. The van der Waals surface area contributed by atoms with Crippen LogP contribution in [0.4, 0.5) is 0 Å². The van der Waals surface area contributed by atoms with E-state index in [1.807, 2.05) is 37.3 Å². The van der Waals surface area contributed by atoms with Gasteiger partial charge in [0.15, 0.2) is 0 Å². The Morgan fingerprint density at radius 2 is 1.89 bits per heavy atom. The van der Waals surface area contributed by atoms with Crippen LogP contribution in [0.5, 0.6) is 0 Å². The molecule has 0 bridgehead atoms. The Morgan fingerprint density at radius 1 is 1.28 bits per heavy atom. The topological polar surface area (TPSA) is 49.4 Å². The van der Waals surface area contributed by atoms with E-state index in [4.69, 9.17) is 0 Å². The number of hydrogen-bond donors (Lipinski definition) is 1. The van der Waals surface area contributed by atoms with Gasteiger partial charge in [-0.3, -0.25) is 9.59 Å². The molecule has 4 heteroatoms. The number of carbonyl (C=O) groups excluding carboxylic acids is 2. The van der Waals surface area contributed by atoms with Crippen LogP contribution in [-0.2, 0) is 15.1 Å². The van der Waals surface area contributed by atoms with Gasteiger partial charge in [-0.25, -0.2) is 0 Å². The quantitative estimate of drug-likeness (QED) is 0.811. The van der Waals surface area contributed by atoms with Crippen molar-refractivity contribution in [1.29, 1.82) is 0 Å². The molecule has 18 heavy (non-hydrogen) atoms. The minimum absolute atomic E-state index is 0.0768. The minimum atomic E-state index is -0.974. The van der Waals surface area contributed by atoms with E-state index < -0.39 is 5.54 Å². The van der Waals surface area contributed by atoms with Crippen LogP contribution in [-0.4, -0.2) is 29.8 Å². The summed E-state index contributed by atoms with van der Waals surface area (Å²) >= 11 is 0. The molecule has 0 aliphatic carbocycles. The van der Waals surface area contributed by atoms with Crippen LogP contribution in [0.3, 0.4) is 0 Å². The van der Waals surface area contributed by atoms with Crippen LogP contribution in [0, 0.1) is 0 Å². The first-order valence-corrected chi connectivity index (χ1v) is 6.09. The van der Waals surface area contributed by atoms with Gasteiger partial charge < -0.3 is 10.2 Å². The third kappa shape index (κ3) is 1.98. The summed E-state index contributed by atoms with van der Waals surface area (Å²) in [6.07, 6.45) is 0.338. The standard InChI is InChI=1S/C14H18N2O2/c1-10-9-12(17)15-14(2,13(18)16(10)3)11-7-5-4-6-8-11/h4-8,10H,9H2,1-3H3,(H,15,17). The molecule has 1 fully saturated rings. The highest BCUT2D eigenvalue weighted by Crippen LogP contribution is 2.26. The SMILES string of the molecule is CC1CC(=O)NC(C)(c2ccccc2)C(=O)N1C. The lowest BCUT2D eigenvalue weighted by atomic mass is 9.90. The number of likely N-dealkylation sites (N-methyl/N-ethyl adjacent to an activating group) is 1. The predicted molar refractivity (Wildman–Crippen MR) is 68.8 cm³/mol. The Labute approximate surface area is 107 Å². The molecule has 1 saturated heterocycles. The Morgan fingerprint density at radius 3 is 2.50 bits per heavy atom. The average molecular weight is 246 g/mol. The summed E-state index contributed by atoms with van der Waals surface area (Å²) in [6.45, 7) is 3.64. The van der Waals surface area contributed by atoms with Crippen LogP contribution in [0.2, 0.25) is 0 Å². The summed E-state index contributed by atoms with van der Waals surface area (Å²) in [5.41, 5.74) is -0.165. The van der Waals surface area contributed by atoms with Gasteiger partial charge in [0.2, 0.25) is 5.91 Å². The molecular weight excluding hydrogens is 228 g/mol. The van der Waals surface area contributed by atoms with E-state index in [1.165, 1.54) is 0 Å². The van der Waals surface area contributed by atoms with Gasteiger partial charge in [-0.15, -0.1) is 0 Å². The van der Waals surface area contributed by atoms with Crippen molar-refractivity contribution in [1.82, 2.24) is 10.2 Å². The molecule has 0 saturated carbocycles. The zero-order valence-electron chi connectivity index (χ0n) is 10.9. The molecule has 1 aromatic carbocycles. The number of carbonyl (C=O) groups is 2. The zero-order valence-corrected chi connectivity index (χ0v) is 10.9. The highest BCUT2D eigenvalue weighted by molar-refractivity contribution is 5.94. The molecule has 1 aliphatic rings. The second kappa shape index (κ2) is 4.44. The number of benzene rings is 1. The average Bonchev–Trinajstić information content (AvgIpc) is 2.43. The van der Waals surface area contributed by atoms with Crippen molar-refractivity contribution in [2.24, 2.45) is 0 Å². The minimum Gasteiger partial charge on any atom is -0.340 e. The van der Waals surface area contributed by atoms with Gasteiger partial charge >= 0.3 is 0 Å². The maximum atomic E-state index is 12.5. The van der Waals surface area contributed by atoms with E-state index in [-0.39, 0.29) is 17.9 Å². The van der Waals surface area contributed by atoms with Crippen LogP contribution in [0.1, 0.15) is 25.8 Å². The first-order chi connectivity index (χ1) is 8.45. The van der Waals surface area contributed by atoms with E-state index in [0.29, 0.717) is 6.42 Å². The molecule has 0 radical (unpaired) electrons. The molecule has 1 heterocycles. The van der Waals surface area contributed by atoms with Crippen LogP contribution >= 0.6 is 0 Å². The summed E-state index contributed by atoms with van der Waals surface area (Å²) < 4.78 is 0. The number of nitrogens with one attached hydrogen (secondary N) is 1. The fourth-order valence-corrected chi connectivity index (χ4v) is 2.31. The molecule has 2 amide bonds. The fourth-order valence-electron chi connectivity index (χ4n) is 2.31. The highest BCUT2D eigenvalue weighted by atomic mass is 16.2. The third-order valence-corrected chi connectivity index (χ3v) is 3.63. The summed E-state index contributed by atoms with van der Waals surface area (Å²) in [5.74, 6) is -0.168. The smallest absolute Gasteiger partial charge is 0.252 e. The fraction of sp³-hybridized carbons (Fsp3) is 0.429. The van der Waals surface area contributed by atoms with Crippen molar-refractivity contribution in [3.05, 3.63) is 35.9 Å². The Balaban J connectivity index is 2.47. The number of amides is 2. The predicted octanol–water partition coefficient (Wildman–Crippen LogP) is 1.27. The van der Waals surface area contributed by atoms with Gasteiger partial charge in [-0.2, -0.15) is 0 Å². The lowest BCUT2D eigenvalue weighted by molar-refractivity contribution is -0.138. The van der Waals surface area contributed by atoms with E-state index in [1.54, 1.807) is 18.9 Å². The van der Waals surface area contributed by atoms with Crippen LogP contribution in [0.15, 0.2) is 30.3 Å². The second-order valence-electron chi connectivity index (χ2n) is 5.01. The van der Waals surface area contributed by atoms with Crippen molar-refractivity contribution in [2.75, 3.05) is 7.05 Å². The second-order valence-corrected chi connectivity index (χ2v) is 5.01. The lowest BCUT2D eigenvalue weighted by Gasteiger charge is -2.32. The summed E-state index contributed by atoms with van der Waals surface area (Å²) in [4.78, 5) is 26.1. The monoisotopic (exact) mass is 246 g/mol. The highest BCUT2D eigenvalue weighted by Gasteiger charge is 2.42. The van der Waals surface area contributed by atoms with Gasteiger partial charge in [-0.05, 0) is 19.4 Å². The van der Waals surface area contributed by atoms with Crippen molar-refractivity contribution in [3.8, 4) is 0 Å². The van der Waals surface area contributed by atoms with Crippen molar-refractivity contribution < 1.29 is 9.59 Å². The molecule has 0 spiro atoms. The summed E-state index contributed by atoms with van der Waals surface area (Å²) in [6, 6.07) is 9.28. The maximum absolute atomic E-state index is 12.5. The molecule has 1 N–H and O–H groups in total. The number of rotatable bonds is 1. The molecule has 4 nitrogen and oxygen atoms in total. The third-order valence-electron chi connectivity index (χ3n) is 3.63. The van der Waals surface area contributed by atoms with Crippen molar-refractivity contribution in [3.63, 3.8) is 0 Å². The molecule has 2 atom stereocenters. The van der Waals surface area contributed by atoms with E-state index in [2.05, 4.69) is 5.32 Å². The lowest BCUT2D eigenvalue weighted by Crippen LogP contribution is -2.52. The van der Waals surface area contributed by atoms with Gasteiger partial charge in [-0.1, -0.05) is 30.3 Å². The number of hydrogen-bond acceptors (Lipinski definition) is 2. The normalized spacial score (nSPS) is 28.8. The molecule has 2 rings (SSSR count). The van der Waals surface area contributed by atoms with E-state index in [9.17, 15) is 9.59 Å². The Kier molecular flexibility index (Phi) is 3.11.